The number of piperidine rings is 1. The molecule has 0 saturated carbocycles. The minimum atomic E-state index is -0.537. The number of hydrogen-bond acceptors (Lipinski definition) is 6. The molecule has 162 valence electrons. The monoisotopic (exact) mass is 422 g/mol. The fourth-order valence-corrected chi connectivity index (χ4v) is 4.20. The Hall–Kier alpha value is -3.19. The van der Waals surface area contributed by atoms with Gasteiger partial charge in [0.25, 0.3) is 5.91 Å². The van der Waals surface area contributed by atoms with Crippen molar-refractivity contribution < 1.29 is 23.9 Å². The smallest absolute Gasteiger partial charge is 0.310 e. The summed E-state index contributed by atoms with van der Waals surface area (Å²) in [5, 5.41) is 0. The molecule has 0 unspecified atom stereocenters. The van der Waals surface area contributed by atoms with Crippen LogP contribution in [-0.2, 0) is 19.1 Å². The van der Waals surface area contributed by atoms with Gasteiger partial charge in [-0.3, -0.25) is 19.3 Å². The molecule has 2 amide bonds. The maximum absolute atomic E-state index is 13.1. The second kappa shape index (κ2) is 9.31. The van der Waals surface area contributed by atoms with E-state index in [4.69, 9.17) is 9.47 Å². The van der Waals surface area contributed by atoms with Gasteiger partial charge in [0.1, 0.15) is 11.5 Å². The molecule has 2 heterocycles. The van der Waals surface area contributed by atoms with Crippen LogP contribution in [0.3, 0.4) is 0 Å². The number of carbonyl (C=O) groups excluding carboxylic acids is 3. The number of hydrogen-bond donors (Lipinski definition) is 0. The zero-order valence-electron chi connectivity index (χ0n) is 17.5. The van der Waals surface area contributed by atoms with Crippen LogP contribution in [0.15, 0.2) is 54.6 Å². The highest BCUT2D eigenvalue weighted by molar-refractivity contribution is 6.22. The van der Waals surface area contributed by atoms with Gasteiger partial charge in [-0.15, -0.1) is 0 Å². The summed E-state index contributed by atoms with van der Waals surface area (Å²) >= 11 is 0. The van der Waals surface area contributed by atoms with Gasteiger partial charge in [0.15, 0.2) is 0 Å². The van der Waals surface area contributed by atoms with Gasteiger partial charge in [-0.05, 0) is 62.7 Å². The Labute approximate surface area is 181 Å². The number of anilines is 1. The van der Waals surface area contributed by atoms with Gasteiger partial charge in [0, 0.05) is 6.54 Å². The van der Waals surface area contributed by atoms with Crippen LogP contribution in [0, 0.1) is 5.92 Å². The van der Waals surface area contributed by atoms with E-state index in [1.54, 1.807) is 31.2 Å². The molecule has 4 rings (SSSR count). The minimum Gasteiger partial charge on any atom is -0.466 e. The van der Waals surface area contributed by atoms with Gasteiger partial charge >= 0.3 is 5.97 Å². The van der Waals surface area contributed by atoms with Gasteiger partial charge in [-0.1, -0.05) is 18.2 Å². The van der Waals surface area contributed by atoms with Crippen LogP contribution in [-0.4, -0.2) is 48.4 Å². The van der Waals surface area contributed by atoms with Crippen LogP contribution in [0.2, 0.25) is 0 Å². The molecule has 2 aromatic carbocycles. The Morgan fingerprint density at radius 3 is 2.45 bits per heavy atom. The maximum atomic E-state index is 13.1. The van der Waals surface area contributed by atoms with Gasteiger partial charge in [0.05, 0.1) is 30.7 Å². The molecule has 0 bridgehead atoms. The quantitative estimate of drug-likeness (QED) is 0.525. The summed E-state index contributed by atoms with van der Waals surface area (Å²) in [6.07, 6.45) is 1.67. The summed E-state index contributed by atoms with van der Waals surface area (Å²) in [6.45, 7) is 3.26. The molecule has 0 aliphatic carbocycles. The van der Waals surface area contributed by atoms with Crippen molar-refractivity contribution in [3.05, 3.63) is 54.6 Å². The first-order chi connectivity index (χ1) is 15.1. The number of amides is 2. The Morgan fingerprint density at radius 1 is 1.03 bits per heavy atom. The normalized spacial score (nSPS) is 21.9. The van der Waals surface area contributed by atoms with E-state index in [-0.39, 0.29) is 30.1 Å². The van der Waals surface area contributed by atoms with E-state index in [1.165, 1.54) is 4.90 Å². The highest BCUT2D eigenvalue weighted by Gasteiger charge is 2.44. The van der Waals surface area contributed by atoms with Gasteiger partial charge in [-0.25, -0.2) is 4.90 Å². The maximum Gasteiger partial charge on any atom is 0.310 e. The molecule has 0 N–H and O–H groups in total. The lowest BCUT2D eigenvalue weighted by atomic mass is 9.96. The fourth-order valence-electron chi connectivity index (χ4n) is 4.20. The van der Waals surface area contributed by atoms with Crippen molar-refractivity contribution in [1.82, 2.24) is 4.90 Å². The number of rotatable bonds is 6. The topological polar surface area (TPSA) is 76.2 Å². The Kier molecular flexibility index (Phi) is 6.32. The molecule has 7 nitrogen and oxygen atoms in total. The number of esters is 1. The van der Waals surface area contributed by atoms with E-state index in [9.17, 15) is 14.4 Å². The van der Waals surface area contributed by atoms with E-state index >= 15 is 0 Å². The van der Waals surface area contributed by atoms with Crippen molar-refractivity contribution in [3.63, 3.8) is 0 Å². The van der Waals surface area contributed by atoms with E-state index in [1.807, 2.05) is 35.2 Å². The summed E-state index contributed by atoms with van der Waals surface area (Å²) in [5.41, 5.74) is 0.525. The van der Waals surface area contributed by atoms with Crippen LogP contribution < -0.4 is 9.64 Å². The molecule has 2 aromatic rings. The average Bonchev–Trinajstić information content (AvgIpc) is 3.09. The van der Waals surface area contributed by atoms with E-state index < -0.39 is 6.04 Å². The number of likely N-dealkylation sites (tertiary alicyclic amines) is 1. The fraction of sp³-hybridized carbons (Fsp3) is 0.375. The summed E-state index contributed by atoms with van der Waals surface area (Å²) in [6, 6.07) is 15.8. The summed E-state index contributed by atoms with van der Waals surface area (Å²) in [7, 11) is 0. The minimum absolute atomic E-state index is 0.122. The molecule has 31 heavy (non-hydrogen) atoms. The largest absolute Gasteiger partial charge is 0.466 e. The Bertz CT molecular complexity index is 944. The van der Waals surface area contributed by atoms with Gasteiger partial charge < -0.3 is 9.47 Å². The van der Waals surface area contributed by atoms with E-state index in [2.05, 4.69) is 0 Å². The van der Waals surface area contributed by atoms with Crippen LogP contribution in [0.5, 0.6) is 11.5 Å². The number of benzene rings is 2. The van der Waals surface area contributed by atoms with Crippen molar-refractivity contribution in [2.45, 2.75) is 32.2 Å². The molecule has 2 atom stereocenters. The number of nitrogens with zero attached hydrogens (tertiary/aromatic N) is 2. The van der Waals surface area contributed by atoms with Crippen molar-refractivity contribution in [2.75, 3.05) is 24.6 Å². The Balaban J connectivity index is 1.44. The number of carbonyl (C=O) groups is 3. The molecule has 0 aromatic heterocycles. The van der Waals surface area contributed by atoms with Gasteiger partial charge in [-0.2, -0.15) is 0 Å². The van der Waals surface area contributed by atoms with Crippen LogP contribution >= 0.6 is 0 Å². The summed E-state index contributed by atoms with van der Waals surface area (Å²) in [4.78, 5) is 41.1. The highest BCUT2D eigenvalue weighted by atomic mass is 16.5. The first-order valence-corrected chi connectivity index (χ1v) is 10.7. The lowest BCUT2D eigenvalue weighted by molar-refractivity contribution is -0.150. The summed E-state index contributed by atoms with van der Waals surface area (Å²) < 4.78 is 10.9. The predicted octanol–water partition coefficient (Wildman–Crippen LogP) is 3.39. The van der Waals surface area contributed by atoms with Gasteiger partial charge in [0.2, 0.25) is 5.91 Å². The molecule has 2 aliphatic heterocycles. The Morgan fingerprint density at radius 2 is 1.74 bits per heavy atom. The molecule has 2 aliphatic rings. The third kappa shape index (κ3) is 4.61. The first kappa shape index (κ1) is 21.1. The predicted molar refractivity (Wildman–Crippen MR) is 115 cm³/mol. The lowest BCUT2D eigenvalue weighted by Crippen LogP contribution is -2.48. The van der Waals surface area contributed by atoms with E-state index in [0.717, 1.165) is 12.8 Å². The van der Waals surface area contributed by atoms with Crippen LogP contribution in [0.1, 0.15) is 26.2 Å². The number of imide groups is 1. The van der Waals surface area contributed by atoms with Crippen LogP contribution in [0.4, 0.5) is 5.69 Å². The van der Waals surface area contributed by atoms with Crippen molar-refractivity contribution in [3.8, 4) is 11.5 Å². The average molecular weight is 422 g/mol. The lowest BCUT2D eigenvalue weighted by Gasteiger charge is -2.34. The first-order valence-electron chi connectivity index (χ1n) is 10.7. The molecular formula is C24H26N2O5. The zero-order valence-corrected chi connectivity index (χ0v) is 17.5. The van der Waals surface area contributed by atoms with Crippen molar-refractivity contribution in [2.24, 2.45) is 5.92 Å². The third-order valence-corrected chi connectivity index (χ3v) is 5.71. The third-order valence-electron chi connectivity index (χ3n) is 5.71. The molecule has 0 spiro atoms. The van der Waals surface area contributed by atoms with E-state index in [0.29, 0.717) is 36.9 Å². The van der Waals surface area contributed by atoms with Crippen molar-refractivity contribution >= 4 is 23.5 Å². The SMILES string of the molecule is CCOC(=O)[C@@H]1CCCN([C@H]2CC(=O)N(c3ccc(Oc4ccccc4)cc3)C2=O)C1. The standard InChI is InChI=1S/C24H26N2O5/c1-2-30-24(29)17-7-6-14-25(16-17)21-15-22(27)26(23(21)28)18-10-12-20(13-11-18)31-19-8-4-3-5-9-19/h3-5,8-13,17,21H,2,6-7,14-16H2,1H3/t17-,21+/m1/s1. The highest BCUT2D eigenvalue weighted by Crippen LogP contribution is 2.31. The van der Waals surface area contributed by atoms with Crippen molar-refractivity contribution in [1.29, 1.82) is 0 Å². The molecule has 2 saturated heterocycles. The molecule has 0 radical (unpaired) electrons. The van der Waals surface area contributed by atoms with Crippen LogP contribution in [0.25, 0.3) is 0 Å². The second-order valence-corrected chi connectivity index (χ2v) is 7.78. The number of para-hydroxylation sites is 1. The molecule has 7 heteroatoms. The molecular weight excluding hydrogens is 396 g/mol. The zero-order chi connectivity index (χ0) is 21.8. The number of ether oxygens (including phenoxy) is 2. The molecule has 2 fully saturated rings. The summed E-state index contributed by atoms with van der Waals surface area (Å²) in [5.74, 6) is 0.384. The second-order valence-electron chi connectivity index (χ2n) is 7.78.